The summed E-state index contributed by atoms with van der Waals surface area (Å²) in [6.07, 6.45) is -0.398. The highest BCUT2D eigenvalue weighted by atomic mass is 35.5. The Kier molecular flexibility index (Phi) is 9.12. The number of carbonyl (C=O) groups is 3. The van der Waals surface area contributed by atoms with Gasteiger partial charge in [-0.3, -0.25) is 14.4 Å². The minimum atomic E-state index is -1.77. The Balaban J connectivity index is 1.78. The van der Waals surface area contributed by atoms with Gasteiger partial charge in [-0.25, -0.2) is 0 Å². The fourth-order valence-corrected chi connectivity index (χ4v) is 5.60. The van der Waals surface area contributed by atoms with Crippen LogP contribution >= 0.6 is 11.6 Å². The number of benzene rings is 3. The smallest absolute Gasteiger partial charge is 0.235 e. The van der Waals surface area contributed by atoms with Crippen LogP contribution in [0.5, 0.6) is 11.5 Å². The van der Waals surface area contributed by atoms with Gasteiger partial charge in [0.25, 0.3) is 0 Å². The van der Waals surface area contributed by atoms with E-state index in [0.717, 1.165) is 0 Å². The van der Waals surface area contributed by atoms with Crippen molar-refractivity contribution in [2.45, 2.75) is 38.7 Å². The highest BCUT2D eigenvalue weighted by molar-refractivity contribution is 6.31. The summed E-state index contributed by atoms with van der Waals surface area (Å²) >= 11 is 6.60. The Bertz CT molecular complexity index is 1390. The van der Waals surface area contributed by atoms with Gasteiger partial charge in [0.1, 0.15) is 23.2 Å². The Labute approximate surface area is 238 Å². The maximum Gasteiger partial charge on any atom is 0.235 e. The van der Waals surface area contributed by atoms with Gasteiger partial charge in [-0.15, -0.1) is 0 Å². The van der Waals surface area contributed by atoms with E-state index in [1.807, 2.05) is 13.8 Å². The third-order valence-corrected chi connectivity index (χ3v) is 7.33. The number of carbonyl (C=O) groups excluding carboxylic acids is 3. The fourth-order valence-electron chi connectivity index (χ4n) is 5.34. The molecule has 3 N–H and O–H groups in total. The summed E-state index contributed by atoms with van der Waals surface area (Å²) in [7, 11) is 0. The van der Waals surface area contributed by atoms with Gasteiger partial charge in [0, 0.05) is 17.4 Å². The van der Waals surface area contributed by atoms with Crippen molar-refractivity contribution in [1.82, 2.24) is 0 Å². The molecule has 3 aromatic rings. The molecule has 0 heterocycles. The molecule has 1 aliphatic carbocycles. The first-order chi connectivity index (χ1) is 19.2. The topological polar surface area (TPSA) is 114 Å². The summed E-state index contributed by atoms with van der Waals surface area (Å²) in [6.45, 7) is 5.86. The van der Waals surface area contributed by atoms with Crippen molar-refractivity contribution in [2.24, 2.45) is 11.8 Å². The van der Waals surface area contributed by atoms with E-state index in [0.29, 0.717) is 41.7 Å². The molecule has 0 bridgehead atoms. The van der Waals surface area contributed by atoms with Crippen LogP contribution in [0.4, 0.5) is 11.4 Å². The van der Waals surface area contributed by atoms with Crippen molar-refractivity contribution < 1.29 is 29.0 Å². The quantitative estimate of drug-likeness (QED) is 0.298. The summed E-state index contributed by atoms with van der Waals surface area (Å²) in [5.74, 6) is -4.37. The molecule has 0 aromatic heterocycles. The van der Waals surface area contributed by atoms with Gasteiger partial charge in [0.05, 0.1) is 36.1 Å². The molecule has 0 aliphatic heterocycles. The third-order valence-electron chi connectivity index (χ3n) is 6.99. The number of ketones is 1. The van der Waals surface area contributed by atoms with Crippen molar-refractivity contribution >= 4 is 40.6 Å². The number of hydrogen-bond acceptors (Lipinski definition) is 6. The van der Waals surface area contributed by atoms with Crippen LogP contribution in [0, 0.1) is 11.8 Å². The first-order valence-corrected chi connectivity index (χ1v) is 13.6. The lowest BCUT2D eigenvalue weighted by molar-refractivity contribution is -0.150. The van der Waals surface area contributed by atoms with Gasteiger partial charge in [0.15, 0.2) is 0 Å². The summed E-state index contributed by atoms with van der Waals surface area (Å²) in [6, 6.07) is 20.6. The van der Waals surface area contributed by atoms with Crippen LogP contribution in [-0.4, -0.2) is 41.5 Å². The Hall–Kier alpha value is -3.88. The maximum atomic E-state index is 14.0. The van der Waals surface area contributed by atoms with E-state index < -0.39 is 47.4 Å². The van der Waals surface area contributed by atoms with Crippen molar-refractivity contribution in [3.8, 4) is 11.5 Å². The van der Waals surface area contributed by atoms with E-state index in [4.69, 9.17) is 21.1 Å². The lowest BCUT2D eigenvalue weighted by Crippen LogP contribution is -2.56. The van der Waals surface area contributed by atoms with Gasteiger partial charge >= 0.3 is 0 Å². The van der Waals surface area contributed by atoms with Crippen LogP contribution in [-0.2, 0) is 14.4 Å². The number of halogens is 1. The van der Waals surface area contributed by atoms with E-state index in [9.17, 15) is 19.5 Å². The van der Waals surface area contributed by atoms with Crippen LogP contribution in [0.2, 0.25) is 5.02 Å². The molecular formula is C31H33ClN2O6. The molecule has 1 aliphatic rings. The van der Waals surface area contributed by atoms with Crippen LogP contribution in [0.25, 0.3) is 0 Å². The largest absolute Gasteiger partial charge is 0.492 e. The first-order valence-electron chi connectivity index (χ1n) is 13.2. The number of rotatable bonds is 9. The summed E-state index contributed by atoms with van der Waals surface area (Å²) in [5, 5.41) is 17.5. The molecule has 4 atom stereocenters. The monoisotopic (exact) mass is 564 g/mol. The van der Waals surface area contributed by atoms with Crippen LogP contribution in [0.15, 0.2) is 72.8 Å². The molecule has 9 heteroatoms. The number of Topliss-reactive ketones (excluding diaryl/α,β-unsaturated/α-hetero) is 1. The minimum Gasteiger partial charge on any atom is -0.492 e. The van der Waals surface area contributed by atoms with Gasteiger partial charge in [-0.1, -0.05) is 54.1 Å². The fraction of sp³-hybridized carbons (Fsp3) is 0.323. The number of hydrogen-bond donors (Lipinski definition) is 3. The van der Waals surface area contributed by atoms with Crippen LogP contribution < -0.4 is 20.1 Å². The molecule has 0 saturated heterocycles. The van der Waals surface area contributed by atoms with Gasteiger partial charge < -0.3 is 25.2 Å². The van der Waals surface area contributed by atoms with Gasteiger partial charge in [0.2, 0.25) is 11.8 Å². The molecule has 2 amide bonds. The Morgan fingerprint density at radius 2 is 1.38 bits per heavy atom. The molecular weight excluding hydrogens is 532 g/mol. The van der Waals surface area contributed by atoms with Crippen molar-refractivity contribution in [1.29, 1.82) is 0 Å². The summed E-state index contributed by atoms with van der Waals surface area (Å²) in [4.78, 5) is 41.4. The molecule has 4 rings (SSSR count). The van der Waals surface area contributed by atoms with E-state index >= 15 is 0 Å². The van der Waals surface area contributed by atoms with E-state index in [2.05, 4.69) is 10.6 Å². The van der Waals surface area contributed by atoms with Crippen LogP contribution in [0.3, 0.4) is 0 Å². The molecule has 3 aromatic carbocycles. The van der Waals surface area contributed by atoms with E-state index in [-0.39, 0.29) is 5.02 Å². The predicted octanol–water partition coefficient (Wildman–Crippen LogP) is 5.45. The standard InChI is InChI=1S/C31H33ClN2O6/c1-4-39-24-16-10-8-14-21(24)33-29(36)27-23(35)18-31(3,38)28(26(27)19-12-6-7-13-20(19)32)30(37)34-22-15-9-11-17-25(22)40-5-2/h6-17,26-28,38H,4-5,18H2,1-3H3,(H,33,36)(H,34,37). The molecule has 0 radical (unpaired) electrons. The van der Waals surface area contributed by atoms with Gasteiger partial charge in [-0.05, 0) is 56.7 Å². The second kappa shape index (κ2) is 12.5. The number of ether oxygens (including phenoxy) is 2. The second-order valence-corrected chi connectivity index (χ2v) is 10.2. The molecule has 1 saturated carbocycles. The molecule has 40 heavy (non-hydrogen) atoms. The molecule has 1 fully saturated rings. The van der Waals surface area contributed by atoms with Crippen LogP contribution in [0.1, 0.15) is 38.7 Å². The highest BCUT2D eigenvalue weighted by Crippen LogP contribution is 2.48. The summed E-state index contributed by atoms with van der Waals surface area (Å²) in [5.41, 5.74) is -0.560. The van der Waals surface area contributed by atoms with Crippen molar-refractivity contribution in [3.63, 3.8) is 0 Å². The second-order valence-electron chi connectivity index (χ2n) is 9.84. The Morgan fingerprint density at radius 3 is 1.93 bits per heavy atom. The maximum absolute atomic E-state index is 14.0. The van der Waals surface area contributed by atoms with Gasteiger partial charge in [-0.2, -0.15) is 0 Å². The molecule has 0 spiro atoms. The van der Waals surface area contributed by atoms with Crippen molar-refractivity contribution in [3.05, 3.63) is 83.4 Å². The average molecular weight is 565 g/mol. The zero-order valence-electron chi connectivity index (χ0n) is 22.6. The number of para-hydroxylation sites is 4. The SMILES string of the molecule is CCOc1ccccc1NC(=O)C1C(=O)CC(C)(O)C(C(=O)Nc2ccccc2OCC)C1c1ccccc1Cl. The molecule has 8 nitrogen and oxygen atoms in total. The molecule has 4 unspecified atom stereocenters. The predicted molar refractivity (Wildman–Crippen MR) is 154 cm³/mol. The van der Waals surface area contributed by atoms with Crippen molar-refractivity contribution in [2.75, 3.05) is 23.8 Å². The van der Waals surface area contributed by atoms with E-state index in [1.165, 1.54) is 6.92 Å². The zero-order chi connectivity index (χ0) is 28.9. The lowest BCUT2D eigenvalue weighted by atomic mass is 9.61. The third kappa shape index (κ3) is 6.13. The first kappa shape index (κ1) is 29.1. The normalized spacial score (nSPS) is 22.3. The number of anilines is 2. The minimum absolute atomic E-state index is 0.276. The lowest BCUT2D eigenvalue weighted by Gasteiger charge is -2.44. The number of aliphatic hydroxyl groups is 1. The average Bonchev–Trinajstić information content (AvgIpc) is 2.90. The zero-order valence-corrected chi connectivity index (χ0v) is 23.4. The summed E-state index contributed by atoms with van der Waals surface area (Å²) < 4.78 is 11.3. The number of amides is 2. The number of nitrogens with one attached hydrogen (secondary N) is 2. The Morgan fingerprint density at radius 1 is 0.875 bits per heavy atom. The highest BCUT2D eigenvalue weighted by Gasteiger charge is 2.56. The molecule has 210 valence electrons. The van der Waals surface area contributed by atoms with E-state index in [1.54, 1.807) is 72.8 Å².